The second-order valence-electron chi connectivity index (χ2n) is 5.43. The molecular weight excluding hydrogens is 282 g/mol. The lowest BCUT2D eigenvalue weighted by atomic mass is 10.1. The minimum Gasteiger partial charge on any atom is -0.480 e. The van der Waals surface area contributed by atoms with Crippen molar-refractivity contribution in [2.75, 3.05) is 0 Å². The molecule has 0 aliphatic carbocycles. The van der Waals surface area contributed by atoms with Crippen LogP contribution in [-0.2, 0) is 16.0 Å². The summed E-state index contributed by atoms with van der Waals surface area (Å²) < 4.78 is 5.24. The number of nitrogens with two attached hydrogens (primary N) is 1. The fraction of sp³-hybridized carbons (Fsp3) is 0.529. The molecule has 0 amide bonds. The Hall–Kier alpha value is -1.88. The third kappa shape index (κ3) is 7.22. The van der Waals surface area contributed by atoms with Crippen molar-refractivity contribution in [2.45, 2.75) is 57.9 Å². The summed E-state index contributed by atoms with van der Waals surface area (Å²) in [6, 6.07) is 5.87. The molecule has 3 N–H and O–H groups in total. The van der Waals surface area contributed by atoms with Crippen LogP contribution >= 0.6 is 0 Å². The molecule has 1 rings (SSSR count). The molecule has 0 aliphatic rings. The quantitative estimate of drug-likeness (QED) is 0.394. The van der Waals surface area contributed by atoms with Crippen molar-refractivity contribution in [3.8, 4) is 5.75 Å². The number of unbranched alkanes of at least 4 members (excludes halogenated alkanes) is 4. The maximum Gasteiger partial charge on any atom is 0.320 e. The molecule has 0 radical (unpaired) electrons. The van der Waals surface area contributed by atoms with Gasteiger partial charge in [0.25, 0.3) is 0 Å². The van der Waals surface area contributed by atoms with Crippen molar-refractivity contribution in [3.05, 3.63) is 29.8 Å². The van der Waals surface area contributed by atoms with Crippen LogP contribution in [0.3, 0.4) is 0 Å². The summed E-state index contributed by atoms with van der Waals surface area (Å²) in [6.07, 6.45) is 6.12. The summed E-state index contributed by atoms with van der Waals surface area (Å²) in [6.45, 7) is 2.15. The summed E-state index contributed by atoms with van der Waals surface area (Å²) in [4.78, 5) is 22.4. The number of esters is 1. The first kappa shape index (κ1) is 18.2. The number of carbonyl (C=O) groups excluding carboxylic acids is 1. The van der Waals surface area contributed by atoms with Gasteiger partial charge in [0.2, 0.25) is 0 Å². The molecule has 0 aliphatic heterocycles. The molecule has 1 atom stereocenters. The van der Waals surface area contributed by atoms with Crippen LogP contribution in [0.15, 0.2) is 24.3 Å². The highest BCUT2D eigenvalue weighted by Crippen LogP contribution is 2.15. The molecule has 0 fully saturated rings. The van der Waals surface area contributed by atoms with Crippen LogP contribution in [0.5, 0.6) is 5.75 Å². The van der Waals surface area contributed by atoms with Gasteiger partial charge in [-0.25, -0.2) is 0 Å². The van der Waals surface area contributed by atoms with Gasteiger partial charge in [-0.15, -0.1) is 0 Å². The van der Waals surface area contributed by atoms with E-state index in [1.54, 1.807) is 24.3 Å². The second-order valence-corrected chi connectivity index (χ2v) is 5.43. The summed E-state index contributed by atoms with van der Waals surface area (Å²) in [5.41, 5.74) is 6.27. The minimum atomic E-state index is -1.03. The van der Waals surface area contributed by atoms with E-state index in [2.05, 4.69) is 6.92 Å². The number of carboxylic acid groups (broad SMARTS) is 1. The number of ether oxygens (including phenoxy) is 1. The van der Waals surface area contributed by atoms with E-state index in [0.29, 0.717) is 12.2 Å². The highest BCUT2D eigenvalue weighted by Gasteiger charge is 2.12. The summed E-state index contributed by atoms with van der Waals surface area (Å²) in [7, 11) is 0. The fourth-order valence-corrected chi connectivity index (χ4v) is 2.09. The first-order valence-corrected chi connectivity index (χ1v) is 7.81. The van der Waals surface area contributed by atoms with Crippen LogP contribution in [-0.4, -0.2) is 23.1 Å². The van der Waals surface area contributed by atoms with E-state index in [9.17, 15) is 9.59 Å². The van der Waals surface area contributed by atoms with Gasteiger partial charge in [-0.1, -0.05) is 44.7 Å². The first-order valence-electron chi connectivity index (χ1n) is 7.81. The van der Waals surface area contributed by atoms with Crippen molar-refractivity contribution < 1.29 is 19.4 Å². The zero-order chi connectivity index (χ0) is 16.4. The molecule has 5 heteroatoms. The molecule has 0 unspecified atom stereocenters. The topological polar surface area (TPSA) is 89.6 Å². The van der Waals surface area contributed by atoms with Crippen molar-refractivity contribution in [3.63, 3.8) is 0 Å². The van der Waals surface area contributed by atoms with Crippen LogP contribution in [0.2, 0.25) is 0 Å². The van der Waals surface area contributed by atoms with Gasteiger partial charge < -0.3 is 15.6 Å². The number of carboxylic acids is 1. The molecule has 22 heavy (non-hydrogen) atoms. The van der Waals surface area contributed by atoms with Gasteiger partial charge in [-0.2, -0.15) is 0 Å². The molecule has 1 aromatic rings. The van der Waals surface area contributed by atoms with Crippen LogP contribution in [0.4, 0.5) is 0 Å². The van der Waals surface area contributed by atoms with Crippen LogP contribution in [0.25, 0.3) is 0 Å². The van der Waals surface area contributed by atoms with Crippen molar-refractivity contribution in [2.24, 2.45) is 5.73 Å². The Morgan fingerprint density at radius 3 is 2.36 bits per heavy atom. The lowest BCUT2D eigenvalue weighted by Crippen LogP contribution is -2.32. The first-order chi connectivity index (χ1) is 10.5. The smallest absolute Gasteiger partial charge is 0.320 e. The fourth-order valence-electron chi connectivity index (χ4n) is 2.09. The number of rotatable bonds is 10. The highest BCUT2D eigenvalue weighted by atomic mass is 16.5. The Morgan fingerprint density at radius 1 is 1.14 bits per heavy atom. The summed E-state index contributed by atoms with van der Waals surface area (Å²) >= 11 is 0. The normalized spacial score (nSPS) is 11.9. The van der Waals surface area contributed by atoms with E-state index < -0.39 is 12.0 Å². The third-order valence-corrected chi connectivity index (χ3v) is 3.41. The van der Waals surface area contributed by atoms with Gasteiger partial charge in [0, 0.05) is 6.42 Å². The zero-order valence-corrected chi connectivity index (χ0v) is 13.1. The van der Waals surface area contributed by atoms with E-state index in [1.807, 2.05) is 0 Å². The number of hydrogen-bond acceptors (Lipinski definition) is 4. The van der Waals surface area contributed by atoms with E-state index in [0.717, 1.165) is 24.8 Å². The predicted octanol–water partition coefficient (Wildman–Crippen LogP) is 2.91. The Morgan fingerprint density at radius 2 is 1.77 bits per heavy atom. The maximum absolute atomic E-state index is 11.7. The Kier molecular flexibility index (Phi) is 8.22. The SMILES string of the molecule is CCCCCCCC(=O)Oc1ccc(C[C@H](N)C(=O)O)cc1. The molecule has 0 bridgehead atoms. The highest BCUT2D eigenvalue weighted by molar-refractivity contribution is 5.73. The average Bonchev–Trinajstić information content (AvgIpc) is 2.49. The molecule has 0 spiro atoms. The summed E-state index contributed by atoms with van der Waals surface area (Å²) in [5, 5.41) is 8.76. The predicted molar refractivity (Wildman–Crippen MR) is 84.8 cm³/mol. The Balaban J connectivity index is 2.34. The van der Waals surface area contributed by atoms with Gasteiger partial charge in [0.1, 0.15) is 11.8 Å². The van der Waals surface area contributed by atoms with Crippen LogP contribution in [0.1, 0.15) is 51.0 Å². The standard InChI is InChI=1S/C17H25NO4/c1-2-3-4-5-6-7-16(19)22-14-10-8-13(9-11-14)12-15(18)17(20)21/h8-11,15H,2-7,12,18H2,1H3,(H,20,21)/t15-/m0/s1. The monoisotopic (exact) mass is 307 g/mol. The molecule has 0 aromatic heterocycles. The minimum absolute atomic E-state index is 0.230. The Labute approximate surface area is 131 Å². The van der Waals surface area contributed by atoms with Crippen molar-refractivity contribution in [1.29, 1.82) is 0 Å². The van der Waals surface area contributed by atoms with E-state index in [-0.39, 0.29) is 12.4 Å². The molecule has 0 saturated heterocycles. The molecule has 122 valence electrons. The molecule has 0 saturated carbocycles. The van der Waals surface area contributed by atoms with E-state index in [1.165, 1.54) is 12.8 Å². The molecule has 0 heterocycles. The second kappa shape index (κ2) is 9.95. The van der Waals surface area contributed by atoms with Gasteiger partial charge in [-0.3, -0.25) is 9.59 Å². The largest absolute Gasteiger partial charge is 0.480 e. The van der Waals surface area contributed by atoms with Gasteiger partial charge in [0.15, 0.2) is 0 Å². The van der Waals surface area contributed by atoms with Gasteiger partial charge in [0.05, 0.1) is 0 Å². The van der Waals surface area contributed by atoms with Gasteiger partial charge in [-0.05, 0) is 30.5 Å². The van der Waals surface area contributed by atoms with Gasteiger partial charge >= 0.3 is 11.9 Å². The summed E-state index contributed by atoms with van der Waals surface area (Å²) in [5.74, 6) is -0.781. The molecular formula is C17H25NO4. The Bertz CT molecular complexity index is 470. The molecule has 1 aromatic carbocycles. The van der Waals surface area contributed by atoms with E-state index >= 15 is 0 Å². The number of aliphatic carboxylic acids is 1. The average molecular weight is 307 g/mol. The number of carbonyl (C=O) groups is 2. The van der Waals surface area contributed by atoms with Crippen molar-refractivity contribution >= 4 is 11.9 Å². The van der Waals surface area contributed by atoms with Crippen LogP contribution in [0, 0.1) is 0 Å². The molecule has 5 nitrogen and oxygen atoms in total. The maximum atomic E-state index is 11.7. The third-order valence-electron chi connectivity index (χ3n) is 3.41. The van der Waals surface area contributed by atoms with Crippen LogP contribution < -0.4 is 10.5 Å². The lowest BCUT2D eigenvalue weighted by molar-refractivity contribution is -0.138. The number of benzene rings is 1. The van der Waals surface area contributed by atoms with E-state index in [4.69, 9.17) is 15.6 Å². The van der Waals surface area contributed by atoms with Crippen molar-refractivity contribution in [1.82, 2.24) is 0 Å². The number of hydrogen-bond donors (Lipinski definition) is 2. The lowest BCUT2D eigenvalue weighted by Gasteiger charge is -2.08. The zero-order valence-electron chi connectivity index (χ0n) is 13.1.